The highest BCUT2D eigenvalue weighted by atomic mass is 15.3. The van der Waals surface area contributed by atoms with Crippen LogP contribution in [0.4, 0.5) is 0 Å². The summed E-state index contributed by atoms with van der Waals surface area (Å²) < 4.78 is 1.92. The lowest BCUT2D eigenvalue weighted by molar-refractivity contribution is 0.702. The van der Waals surface area contributed by atoms with E-state index >= 15 is 0 Å². The summed E-state index contributed by atoms with van der Waals surface area (Å²) >= 11 is 0. The van der Waals surface area contributed by atoms with Crippen molar-refractivity contribution in [2.75, 3.05) is 0 Å². The third-order valence-corrected chi connectivity index (χ3v) is 5.47. The van der Waals surface area contributed by atoms with E-state index in [2.05, 4.69) is 51.5 Å². The summed E-state index contributed by atoms with van der Waals surface area (Å²) in [5.41, 5.74) is 6.99. The molecule has 1 aliphatic rings. The average Bonchev–Trinajstić information content (AvgIpc) is 3.40. The fraction of sp³-hybridized carbons (Fsp3) is 0.136. The summed E-state index contributed by atoms with van der Waals surface area (Å²) in [4.78, 5) is 12.5. The number of aryl methyl sites for hydroxylation is 2. The molecule has 5 aromatic rings. The highest BCUT2D eigenvalue weighted by Crippen LogP contribution is 2.36. The number of H-pyrrole nitrogens is 1. The van der Waals surface area contributed by atoms with Gasteiger partial charge in [-0.1, -0.05) is 36.4 Å². The molecule has 0 saturated heterocycles. The molecular formula is C22H17N5. The number of nitrogens with zero attached hydrogens (tertiary/aromatic N) is 4. The van der Waals surface area contributed by atoms with E-state index in [-0.39, 0.29) is 0 Å². The summed E-state index contributed by atoms with van der Waals surface area (Å²) in [5, 5.41) is 7.17. The van der Waals surface area contributed by atoms with Crippen LogP contribution in [-0.2, 0) is 19.4 Å². The zero-order valence-corrected chi connectivity index (χ0v) is 14.7. The quantitative estimate of drug-likeness (QED) is 0.532. The normalized spacial score (nSPS) is 13.0. The molecule has 1 aliphatic carbocycles. The van der Waals surface area contributed by atoms with Crippen LogP contribution < -0.4 is 0 Å². The van der Waals surface area contributed by atoms with Crippen LogP contribution in [0.1, 0.15) is 16.7 Å². The SMILES string of the molecule is c1cncc(Cn2ncc3[nH]c(-c4ccc5c6c(cccc46)CC5)nc32)c1. The molecule has 0 fully saturated rings. The van der Waals surface area contributed by atoms with Gasteiger partial charge in [0.05, 0.1) is 12.7 Å². The van der Waals surface area contributed by atoms with E-state index in [9.17, 15) is 0 Å². The van der Waals surface area contributed by atoms with E-state index in [0.29, 0.717) is 6.54 Å². The van der Waals surface area contributed by atoms with Crippen LogP contribution in [0.5, 0.6) is 0 Å². The number of rotatable bonds is 3. The number of fused-ring (bicyclic) bond motifs is 1. The molecule has 0 atom stereocenters. The van der Waals surface area contributed by atoms with Gasteiger partial charge in [0.15, 0.2) is 5.65 Å². The van der Waals surface area contributed by atoms with Gasteiger partial charge >= 0.3 is 0 Å². The standard InChI is InChI=1S/C22H17N5/c1-4-15-6-7-16-8-9-18(17(5-1)20(15)16)21-25-19-12-24-27(22(19)26-21)13-14-3-2-10-23-11-14/h1-5,8-12H,6-7,13H2,(H,25,26). The summed E-state index contributed by atoms with van der Waals surface area (Å²) in [6.45, 7) is 0.658. The first-order valence-electron chi connectivity index (χ1n) is 9.21. The van der Waals surface area contributed by atoms with Gasteiger partial charge < -0.3 is 4.98 Å². The molecule has 0 spiro atoms. The number of nitrogens with one attached hydrogen (secondary N) is 1. The molecule has 3 heterocycles. The van der Waals surface area contributed by atoms with Gasteiger partial charge in [-0.25, -0.2) is 9.67 Å². The second-order valence-electron chi connectivity index (χ2n) is 7.10. The Balaban J connectivity index is 1.49. The molecule has 1 N–H and O–H groups in total. The van der Waals surface area contributed by atoms with Crippen LogP contribution in [0.25, 0.3) is 33.3 Å². The largest absolute Gasteiger partial charge is 0.335 e. The van der Waals surface area contributed by atoms with Gasteiger partial charge in [0.2, 0.25) is 0 Å². The fourth-order valence-electron chi connectivity index (χ4n) is 4.21. The molecule has 0 radical (unpaired) electrons. The summed E-state index contributed by atoms with van der Waals surface area (Å²) in [5.74, 6) is 0.901. The third kappa shape index (κ3) is 2.21. The van der Waals surface area contributed by atoms with Crippen LogP contribution in [-0.4, -0.2) is 24.7 Å². The Morgan fingerprint density at radius 2 is 1.89 bits per heavy atom. The summed E-state index contributed by atoms with van der Waals surface area (Å²) in [7, 11) is 0. The zero-order valence-electron chi connectivity index (χ0n) is 14.7. The van der Waals surface area contributed by atoms with Crippen LogP contribution in [0, 0.1) is 0 Å². The van der Waals surface area contributed by atoms with Crippen molar-refractivity contribution in [2.24, 2.45) is 0 Å². The summed E-state index contributed by atoms with van der Waals surface area (Å²) in [6.07, 6.45) is 7.77. The fourth-order valence-corrected chi connectivity index (χ4v) is 4.21. The molecule has 2 aromatic carbocycles. The van der Waals surface area contributed by atoms with Crippen molar-refractivity contribution < 1.29 is 0 Å². The van der Waals surface area contributed by atoms with Crippen molar-refractivity contribution >= 4 is 21.9 Å². The van der Waals surface area contributed by atoms with Crippen LogP contribution in [0.3, 0.4) is 0 Å². The predicted molar refractivity (Wildman–Crippen MR) is 106 cm³/mol. The van der Waals surface area contributed by atoms with Gasteiger partial charge in [-0.05, 0) is 46.4 Å². The number of benzene rings is 2. The van der Waals surface area contributed by atoms with Crippen LogP contribution >= 0.6 is 0 Å². The highest BCUT2D eigenvalue weighted by Gasteiger charge is 2.18. The maximum absolute atomic E-state index is 4.89. The Kier molecular flexibility index (Phi) is 3.00. The lowest BCUT2D eigenvalue weighted by atomic mass is 10.00. The minimum absolute atomic E-state index is 0.658. The molecule has 0 saturated carbocycles. The van der Waals surface area contributed by atoms with Crippen molar-refractivity contribution in [3.63, 3.8) is 0 Å². The number of aromatic amines is 1. The summed E-state index contributed by atoms with van der Waals surface area (Å²) in [6, 6.07) is 15.1. The minimum Gasteiger partial charge on any atom is -0.335 e. The second-order valence-corrected chi connectivity index (χ2v) is 7.10. The predicted octanol–water partition coefficient (Wildman–Crippen LogP) is 4.12. The van der Waals surface area contributed by atoms with Crippen molar-refractivity contribution in [2.45, 2.75) is 19.4 Å². The lowest BCUT2D eigenvalue weighted by Gasteiger charge is -2.07. The number of imidazole rings is 1. The Morgan fingerprint density at radius 3 is 2.78 bits per heavy atom. The average molecular weight is 351 g/mol. The monoisotopic (exact) mass is 351 g/mol. The smallest absolute Gasteiger partial charge is 0.177 e. The lowest BCUT2D eigenvalue weighted by Crippen LogP contribution is -2.02. The third-order valence-electron chi connectivity index (χ3n) is 5.47. The van der Waals surface area contributed by atoms with E-state index < -0.39 is 0 Å². The van der Waals surface area contributed by atoms with E-state index in [1.54, 1.807) is 6.20 Å². The van der Waals surface area contributed by atoms with Gasteiger partial charge in [0, 0.05) is 18.0 Å². The van der Waals surface area contributed by atoms with Crippen LogP contribution in [0.15, 0.2) is 61.1 Å². The van der Waals surface area contributed by atoms with Gasteiger partial charge in [-0.2, -0.15) is 5.10 Å². The number of hydrogen-bond donors (Lipinski definition) is 1. The van der Waals surface area contributed by atoms with E-state index in [0.717, 1.165) is 41.0 Å². The molecular weight excluding hydrogens is 334 g/mol. The topological polar surface area (TPSA) is 59.4 Å². The van der Waals surface area contributed by atoms with Crippen molar-refractivity contribution in [1.82, 2.24) is 24.7 Å². The highest BCUT2D eigenvalue weighted by molar-refractivity contribution is 6.01. The zero-order chi connectivity index (χ0) is 17.8. The Bertz CT molecular complexity index is 1290. The van der Waals surface area contributed by atoms with Crippen molar-refractivity contribution in [3.05, 3.63) is 77.7 Å². The molecule has 0 unspecified atom stereocenters. The molecule has 6 rings (SSSR count). The van der Waals surface area contributed by atoms with Crippen LogP contribution in [0.2, 0.25) is 0 Å². The van der Waals surface area contributed by atoms with E-state index in [1.807, 2.05) is 23.1 Å². The number of aromatic nitrogens is 5. The molecule has 5 heteroatoms. The molecule has 0 aliphatic heterocycles. The second kappa shape index (κ2) is 5.51. The van der Waals surface area contributed by atoms with E-state index in [4.69, 9.17) is 4.98 Å². The Labute approximate surface area is 155 Å². The Morgan fingerprint density at radius 1 is 0.963 bits per heavy atom. The molecule has 27 heavy (non-hydrogen) atoms. The Hall–Kier alpha value is -3.47. The van der Waals surface area contributed by atoms with E-state index in [1.165, 1.54) is 21.9 Å². The molecule has 3 aromatic heterocycles. The molecule has 0 amide bonds. The first kappa shape index (κ1) is 14.7. The van der Waals surface area contributed by atoms with Gasteiger partial charge in [-0.15, -0.1) is 0 Å². The first-order valence-corrected chi connectivity index (χ1v) is 9.21. The molecule has 130 valence electrons. The van der Waals surface area contributed by atoms with Gasteiger partial charge in [-0.3, -0.25) is 4.98 Å². The minimum atomic E-state index is 0.658. The van der Waals surface area contributed by atoms with Gasteiger partial charge in [0.25, 0.3) is 0 Å². The maximum atomic E-state index is 4.89. The van der Waals surface area contributed by atoms with Crippen molar-refractivity contribution in [1.29, 1.82) is 0 Å². The first-order chi connectivity index (χ1) is 13.4. The molecule has 0 bridgehead atoms. The number of pyridine rings is 1. The molecule has 5 nitrogen and oxygen atoms in total. The maximum Gasteiger partial charge on any atom is 0.177 e. The van der Waals surface area contributed by atoms with Crippen molar-refractivity contribution in [3.8, 4) is 11.4 Å². The van der Waals surface area contributed by atoms with Gasteiger partial charge in [0.1, 0.15) is 11.3 Å². The number of hydrogen-bond acceptors (Lipinski definition) is 3.